The maximum absolute atomic E-state index is 11.8. The molecule has 1 aliphatic rings. The lowest BCUT2D eigenvalue weighted by Crippen LogP contribution is -2.17. The lowest BCUT2D eigenvalue weighted by molar-refractivity contribution is -0.149. The van der Waals surface area contributed by atoms with Gasteiger partial charge >= 0.3 is 5.97 Å². The third-order valence-corrected chi connectivity index (χ3v) is 4.00. The van der Waals surface area contributed by atoms with Gasteiger partial charge in [-0.15, -0.1) is 0 Å². The van der Waals surface area contributed by atoms with Crippen LogP contribution in [-0.2, 0) is 9.53 Å². The van der Waals surface area contributed by atoms with E-state index in [0.29, 0.717) is 6.42 Å². The molecule has 0 aromatic carbocycles. The molecular weight excluding hydrogens is 248 g/mol. The van der Waals surface area contributed by atoms with Crippen molar-refractivity contribution in [1.82, 2.24) is 0 Å². The highest BCUT2D eigenvalue weighted by atomic mass is 16.5. The van der Waals surface area contributed by atoms with Gasteiger partial charge in [0.15, 0.2) is 0 Å². The molecule has 0 amide bonds. The normalized spacial score (nSPS) is 22.4. The molecule has 2 heteroatoms. The van der Waals surface area contributed by atoms with Crippen LogP contribution in [0, 0.1) is 0 Å². The van der Waals surface area contributed by atoms with Gasteiger partial charge in [0.1, 0.15) is 6.10 Å². The quantitative estimate of drug-likeness (QED) is 0.374. The summed E-state index contributed by atoms with van der Waals surface area (Å²) in [6, 6.07) is 0. The van der Waals surface area contributed by atoms with E-state index in [1.54, 1.807) is 0 Å². The Kier molecular flexibility index (Phi) is 10.3. The van der Waals surface area contributed by atoms with Crippen LogP contribution in [-0.4, -0.2) is 12.1 Å². The van der Waals surface area contributed by atoms with E-state index >= 15 is 0 Å². The Balaban J connectivity index is 2.37. The van der Waals surface area contributed by atoms with Crippen molar-refractivity contribution in [3.8, 4) is 0 Å². The number of cyclic esters (lactones) is 1. The Morgan fingerprint density at radius 1 is 1.05 bits per heavy atom. The zero-order chi connectivity index (χ0) is 14.5. The number of unbranched alkanes of at least 4 members (excludes halogenated alkanes) is 3. The molecule has 2 nitrogen and oxygen atoms in total. The predicted octanol–water partition coefficient (Wildman–Crippen LogP) is 5.56. The Morgan fingerprint density at radius 2 is 1.85 bits per heavy atom. The number of ether oxygens (including phenoxy) is 1. The van der Waals surface area contributed by atoms with Crippen LogP contribution in [0.4, 0.5) is 0 Å². The van der Waals surface area contributed by atoms with Gasteiger partial charge in [0.05, 0.1) is 0 Å². The Labute approximate surface area is 125 Å². The van der Waals surface area contributed by atoms with Gasteiger partial charge in [0, 0.05) is 12.8 Å². The average molecular weight is 280 g/mol. The van der Waals surface area contributed by atoms with E-state index in [2.05, 4.69) is 19.1 Å². The van der Waals surface area contributed by atoms with Crippen molar-refractivity contribution in [3.63, 3.8) is 0 Å². The van der Waals surface area contributed by atoms with Gasteiger partial charge in [-0.1, -0.05) is 57.6 Å². The number of carbonyl (C=O) groups excluding carboxylic acids is 1. The van der Waals surface area contributed by atoms with Crippen molar-refractivity contribution in [3.05, 3.63) is 12.2 Å². The van der Waals surface area contributed by atoms with E-state index in [0.717, 1.165) is 19.3 Å². The van der Waals surface area contributed by atoms with Crippen LogP contribution in [0.1, 0.15) is 90.4 Å². The average Bonchev–Trinajstić information content (AvgIpc) is 2.46. The number of esters is 1. The molecule has 0 aliphatic carbocycles. The minimum atomic E-state index is 0.0122. The lowest BCUT2D eigenvalue weighted by Gasteiger charge is -2.16. The van der Waals surface area contributed by atoms with Crippen LogP contribution in [0.15, 0.2) is 12.2 Å². The summed E-state index contributed by atoms with van der Waals surface area (Å²) in [4.78, 5) is 11.8. The molecule has 1 atom stereocenters. The molecule has 1 rings (SSSR count). The molecule has 0 aromatic rings. The zero-order valence-corrected chi connectivity index (χ0v) is 13.2. The van der Waals surface area contributed by atoms with Crippen LogP contribution in [0.2, 0.25) is 0 Å². The number of hydrogen-bond acceptors (Lipinski definition) is 2. The van der Waals surface area contributed by atoms with Gasteiger partial charge in [0.2, 0.25) is 0 Å². The topological polar surface area (TPSA) is 26.3 Å². The molecule has 0 saturated carbocycles. The SMILES string of the molecule is CCCCCCC1CC=CCCCCCCCC(=O)O1. The molecule has 20 heavy (non-hydrogen) atoms. The zero-order valence-electron chi connectivity index (χ0n) is 13.2. The van der Waals surface area contributed by atoms with Crippen molar-refractivity contribution in [2.75, 3.05) is 0 Å². The number of hydrogen-bond donors (Lipinski definition) is 0. The summed E-state index contributed by atoms with van der Waals surface area (Å²) in [5.74, 6) is 0.0122. The van der Waals surface area contributed by atoms with E-state index in [1.165, 1.54) is 57.8 Å². The molecule has 1 heterocycles. The smallest absolute Gasteiger partial charge is 0.306 e. The molecule has 0 spiro atoms. The minimum Gasteiger partial charge on any atom is -0.462 e. The van der Waals surface area contributed by atoms with Crippen LogP contribution in [0.5, 0.6) is 0 Å². The fourth-order valence-corrected chi connectivity index (χ4v) is 2.70. The number of rotatable bonds is 5. The first-order chi connectivity index (χ1) is 9.83. The molecule has 0 N–H and O–H groups in total. The standard InChI is InChI=1S/C18H32O2/c1-2-3-4-11-14-17-15-12-9-7-5-6-8-10-13-16-18(19)20-17/h9,12,17H,2-8,10-11,13-16H2,1H3. The van der Waals surface area contributed by atoms with Crippen LogP contribution < -0.4 is 0 Å². The third kappa shape index (κ3) is 9.17. The first-order valence-electron chi connectivity index (χ1n) is 8.67. The highest BCUT2D eigenvalue weighted by Crippen LogP contribution is 2.16. The van der Waals surface area contributed by atoms with E-state index < -0.39 is 0 Å². The lowest BCUT2D eigenvalue weighted by atomic mass is 10.1. The molecule has 0 aromatic heterocycles. The monoisotopic (exact) mass is 280 g/mol. The molecule has 0 saturated heterocycles. The van der Waals surface area contributed by atoms with Crippen LogP contribution >= 0.6 is 0 Å². The molecule has 0 fully saturated rings. The molecule has 0 radical (unpaired) electrons. The summed E-state index contributed by atoms with van der Waals surface area (Å²) in [5, 5.41) is 0. The van der Waals surface area contributed by atoms with Gasteiger partial charge in [-0.3, -0.25) is 4.79 Å². The van der Waals surface area contributed by atoms with Gasteiger partial charge < -0.3 is 4.74 Å². The summed E-state index contributed by atoms with van der Waals surface area (Å²) in [6.45, 7) is 2.22. The van der Waals surface area contributed by atoms with Crippen molar-refractivity contribution in [2.45, 2.75) is 96.5 Å². The van der Waals surface area contributed by atoms with E-state index in [4.69, 9.17) is 4.74 Å². The third-order valence-electron chi connectivity index (χ3n) is 4.00. The second-order valence-corrected chi connectivity index (χ2v) is 5.97. The first-order valence-corrected chi connectivity index (χ1v) is 8.67. The molecule has 116 valence electrons. The summed E-state index contributed by atoms with van der Waals surface area (Å²) in [7, 11) is 0. The number of carbonyl (C=O) groups is 1. The summed E-state index contributed by atoms with van der Waals surface area (Å²) >= 11 is 0. The van der Waals surface area contributed by atoms with E-state index in [9.17, 15) is 4.79 Å². The second-order valence-electron chi connectivity index (χ2n) is 5.97. The predicted molar refractivity (Wildman–Crippen MR) is 84.7 cm³/mol. The maximum Gasteiger partial charge on any atom is 0.306 e. The van der Waals surface area contributed by atoms with Crippen LogP contribution in [0.3, 0.4) is 0 Å². The molecule has 0 bridgehead atoms. The molecule has 1 aliphatic heterocycles. The van der Waals surface area contributed by atoms with Gasteiger partial charge in [0.25, 0.3) is 0 Å². The van der Waals surface area contributed by atoms with Gasteiger partial charge in [-0.2, -0.15) is 0 Å². The van der Waals surface area contributed by atoms with Crippen LogP contribution in [0.25, 0.3) is 0 Å². The number of allylic oxidation sites excluding steroid dienone is 1. The summed E-state index contributed by atoms with van der Waals surface area (Å²) < 4.78 is 5.65. The second kappa shape index (κ2) is 12.0. The van der Waals surface area contributed by atoms with E-state index in [1.807, 2.05) is 0 Å². The largest absolute Gasteiger partial charge is 0.462 e. The van der Waals surface area contributed by atoms with Crippen molar-refractivity contribution < 1.29 is 9.53 Å². The van der Waals surface area contributed by atoms with Gasteiger partial charge in [-0.05, 0) is 32.1 Å². The van der Waals surface area contributed by atoms with Gasteiger partial charge in [-0.25, -0.2) is 0 Å². The fourth-order valence-electron chi connectivity index (χ4n) is 2.70. The highest BCUT2D eigenvalue weighted by molar-refractivity contribution is 5.69. The highest BCUT2D eigenvalue weighted by Gasteiger charge is 2.13. The summed E-state index contributed by atoms with van der Waals surface area (Å²) in [5.41, 5.74) is 0. The Bertz CT molecular complexity index is 271. The minimum absolute atomic E-state index is 0.0122. The fraction of sp³-hybridized carbons (Fsp3) is 0.833. The Morgan fingerprint density at radius 3 is 2.70 bits per heavy atom. The molecular formula is C18H32O2. The van der Waals surface area contributed by atoms with Crippen molar-refractivity contribution in [1.29, 1.82) is 0 Å². The summed E-state index contributed by atoms with van der Waals surface area (Å²) in [6.07, 6.45) is 19.3. The van der Waals surface area contributed by atoms with Crippen molar-refractivity contribution in [2.24, 2.45) is 0 Å². The Hall–Kier alpha value is -0.790. The maximum atomic E-state index is 11.8. The first kappa shape index (κ1) is 17.3. The van der Waals surface area contributed by atoms with Crippen molar-refractivity contribution >= 4 is 5.97 Å². The van der Waals surface area contributed by atoms with E-state index in [-0.39, 0.29) is 12.1 Å². The molecule has 1 unspecified atom stereocenters.